The second kappa shape index (κ2) is 11.9. The van der Waals surface area contributed by atoms with Crippen LogP contribution in [0.2, 0.25) is 0 Å². The van der Waals surface area contributed by atoms with Crippen LogP contribution in [0, 0.1) is 5.82 Å². The number of fused-ring (bicyclic) bond motifs is 1. The molecule has 0 saturated carbocycles. The minimum absolute atomic E-state index is 0.0547. The molecule has 4 heterocycles. The van der Waals surface area contributed by atoms with Gasteiger partial charge in [0.15, 0.2) is 11.6 Å². The zero-order valence-corrected chi connectivity index (χ0v) is 22.5. The predicted molar refractivity (Wildman–Crippen MR) is 153 cm³/mol. The number of carbonyl (C=O) groups is 1. The van der Waals surface area contributed by atoms with Gasteiger partial charge in [-0.15, -0.1) is 11.3 Å². The van der Waals surface area contributed by atoms with E-state index in [-0.39, 0.29) is 12.2 Å². The van der Waals surface area contributed by atoms with E-state index in [2.05, 4.69) is 21.3 Å². The summed E-state index contributed by atoms with van der Waals surface area (Å²) in [6.45, 7) is 5.00. The molecule has 9 heteroatoms. The van der Waals surface area contributed by atoms with Crippen LogP contribution in [0.4, 0.5) is 4.39 Å². The molecule has 7 nitrogen and oxygen atoms in total. The minimum atomic E-state index is -0.562. The van der Waals surface area contributed by atoms with Crippen molar-refractivity contribution in [2.75, 3.05) is 26.2 Å². The van der Waals surface area contributed by atoms with Crippen LogP contribution in [0.3, 0.4) is 0 Å². The highest BCUT2D eigenvalue weighted by atomic mass is 32.1. The number of carbonyl (C=O) groups excluding carboxylic acids is 1. The Kier molecular flexibility index (Phi) is 7.76. The van der Waals surface area contributed by atoms with Gasteiger partial charge in [-0.3, -0.25) is 19.7 Å². The van der Waals surface area contributed by atoms with Gasteiger partial charge >= 0.3 is 5.97 Å². The maximum absolute atomic E-state index is 15.0. The largest absolute Gasteiger partial charge is 0.453 e. The SMILES string of the molecule is O=C(Cc1ccc(Oc2ccnc3cc(-c4ccc(CN5CCNCC5)cn4)sc23)c(F)c1)Oc1ccccc1. The van der Waals surface area contributed by atoms with Gasteiger partial charge in [-0.25, -0.2) is 4.39 Å². The molecule has 1 aliphatic heterocycles. The Balaban J connectivity index is 1.15. The number of para-hydroxylation sites is 1. The van der Waals surface area contributed by atoms with Gasteiger partial charge in [-0.1, -0.05) is 30.3 Å². The van der Waals surface area contributed by atoms with Crippen molar-refractivity contribution in [3.63, 3.8) is 0 Å². The number of thiophene rings is 1. The summed E-state index contributed by atoms with van der Waals surface area (Å²) >= 11 is 1.50. The summed E-state index contributed by atoms with van der Waals surface area (Å²) in [5, 5.41) is 3.37. The summed E-state index contributed by atoms with van der Waals surface area (Å²) in [7, 11) is 0. The van der Waals surface area contributed by atoms with Crippen molar-refractivity contribution in [2.24, 2.45) is 0 Å². The number of piperazine rings is 1. The first-order valence-electron chi connectivity index (χ1n) is 13.1. The lowest BCUT2D eigenvalue weighted by molar-refractivity contribution is -0.133. The molecule has 0 amide bonds. The lowest BCUT2D eigenvalue weighted by atomic mass is 10.1. The Morgan fingerprint density at radius 1 is 0.950 bits per heavy atom. The number of benzene rings is 2. The Bertz CT molecular complexity index is 1620. The first kappa shape index (κ1) is 26.1. The van der Waals surface area contributed by atoms with E-state index in [1.807, 2.05) is 24.4 Å². The Labute approximate surface area is 235 Å². The van der Waals surface area contributed by atoms with Crippen molar-refractivity contribution in [2.45, 2.75) is 13.0 Å². The first-order chi connectivity index (χ1) is 19.6. The Morgan fingerprint density at radius 3 is 2.55 bits per heavy atom. The van der Waals surface area contributed by atoms with Crippen molar-refractivity contribution >= 4 is 27.5 Å². The van der Waals surface area contributed by atoms with E-state index in [1.165, 1.54) is 29.0 Å². The summed E-state index contributed by atoms with van der Waals surface area (Å²) in [5.74, 6) is -0.00352. The molecule has 6 rings (SSSR count). The molecule has 0 spiro atoms. The molecule has 2 aromatic carbocycles. The van der Waals surface area contributed by atoms with Crippen LogP contribution in [0.1, 0.15) is 11.1 Å². The summed E-state index contributed by atoms with van der Waals surface area (Å²) in [6, 6.07) is 21.1. The molecule has 1 N–H and O–H groups in total. The average molecular weight is 555 g/mol. The zero-order chi connectivity index (χ0) is 27.3. The van der Waals surface area contributed by atoms with E-state index in [4.69, 9.17) is 14.5 Å². The van der Waals surface area contributed by atoms with E-state index in [1.54, 1.807) is 42.6 Å². The van der Waals surface area contributed by atoms with Crippen LogP contribution in [-0.4, -0.2) is 47.0 Å². The van der Waals surface area contributed by atoms with Gasteiger partial charge < -0.3 is 14.8 Å². The number of hydrogen-bond donors (Lipinski definition) is 1. The number of nitrogens with zero attached hydrogens (tertiary/aromatic N) is 3. The fourth-order valence-electron chi connectivity index (χ4n) is 4.59. The maximum Gasteiger partial charge on any atom is 0.315 e. The van der Waals surface area contributed by atoms with E-state index in [0.717, 1.165) is 53.5 Å². The van der Waals surface area contributed by atoms with Gasteiger partial charge in [-0.2, -0.15) is 0 Å². The normalized spacial score (nSPS) is 13.8. The quantitative estimate of drug-likeness (QED) is 0.191. The summed E-state index contributed by atoms with van der Waals surface area (Å²) < 4.78 is 27.1. The van der Waals surface area contributed by atoms with Crippen LogP contribution in [0.25, 0.3) is 20.8 Å². The van der Waals surface area contributed by atoms with Gasteiger partial charge in [0.2, 0.25) is 0 Å². The molecule has 1 fully saturated rings. The molecule has 1 aliphatic rings. The van der Waals surface area contributed by atoms with Crippen molar-refractivity contribution in [1.82, 2.24) is 20.2 Å². The van der Waals surface area contributed by atoms with E-state index in [0.29, 0.717) is 17.1 Å². The molecule has 40 heavy (non-hydrogen) atoms. The third kappa shape index (κ3) is 6.17. The summed E-state index contributed by atoms with van der Waals surface area (Å²) in [6.07, 6.45) is 3.52. The molecular formula is C31H27FN4O3S. The Morgan fingerprint density at radius 2 is 1.77 bits per heavy atom. The van der Waals surface area contributed by atoms with E-state index >= 15 is 0 Å². The zero-order valence-electron chi connectivity index (χ0n) is 21.7. The fraction of sp³-hybridized carbons (Fsp3) is 0.194. The second-order valence-electron chi connectivity index (χ2n) is 9.54. The van der Waals surface area contributed by atoms with Crippen molar-refractivity contribution in [3.05, 3.63) is 102 Å². The standard InChI is InChI=1S/C31H27FN4O3S/c32-24-16-21(17-30(37)38-23-4-2-1-3-5-23)7-9-27(24)39-28-10-11-34-26-18-29(40-31(26)28)25-8-6-22(19-35-25)20-36-14-12-33-13-15-36/h1-11,16,18-19,33H,12-15,17,20H2. The number of aromatic nitrogens is 2. The molecular weight excluding hydrogens is 527 g/mol. The molecule has 0 unspecified atom stereocenters. The van der Waals surface area contributed by atoms with Crippen molar-refractivity contribution in [1.29, 1.82) is 0 Å². The lowest BCUT2D eigenvalue weighted by Gasteiger charge is -2.27. The Hall–Kier alpha value is -4.18. The molecule has 1 saturated heterocycles. The predicted octanol–water partition coefficient (Wildman–Crippen LogP) is 5.84. The smallest absolute Gasteiger partial charge is 0.315 e. The van der Waals surface area contributed by atoms with Crippen molar-refractivity contribution < 1.29 is 18.7 Å². The van der Waals surface area contributed by atoms with Crippen LogP contribution in [-0.2, 0) is 17.8 Å². The van der Waals surface area contributed by atoms with Gasteiger partial charge in [0.1, 0.15) is 11.5 Å². The molecule has 0 atom stereocenters. The van der Waals surface area contributed by atoms with Gasteiger partial charge in [0.25, 0.3) is 0 Å². The number of hydrogen-bond acceptors (Lipinski definition) is 8. The third-order valence-electron chi connectivity index (χ3n) is 6.61. The minimum Gasteiger partial charge on any atom is -0.453 e. The molecule has 0 aliphatic carbocycles. The van der Waals surface area contributed by atoms with Crippen LogP contribution >= 0.6 is 11.3 Å². The summed E-state index contributed by atoms with van der Waals surface area (Å²) in [4.78, 5) is 24.8. The van der Waals surface area contributed by atoms with Crippen molar-refractivity contribution in [3.8, 4) is 27.8 Å². The third-order valence-corrected chi connectivity index (χ3v) is 7.77. The summed E-state index contributed by atoms with van der Waals surface area (Å²) in [5.41, 5.74) is 3.29. The topological polar surface area (TPSA) is 76.6 Å². The number of nitrogens with one attached hydrogen (secondary N) is 1. The molecule has 202 valence electrons. The molecule has 5 aromatic rings. The number of pyridine rings is 2. The number of rotatable bonds is 8. The average Bonchev–Trinajstić information content (AvgIpc) is 3.41. The van der Waals surface area contributed by atoms with E-state index < -0.39 is 11.8 Å². The van der Waals surface area contributed by atoms with Gasteiger partial charge in [-0.05, 0) is 47.5 Å². The number of esters is 1. The highest BCUT2D eigenvalue weighted by Gasteiger charge is 2.16. The monoisotopic (exact) mass is 554 g/mol. The first-order valence-corrected chi connectivity index (χ1v) is 13.9. The van der Waals surface area contributed by atoms with Crippen LogP contribution in [0.5, 0.6) is 17.2 Å². The van der Waals surface area contributed by atoms with Gasteiger partial charge in [0.05, 0.1) is 27.2 Å². The molecule has 0 radical (unpaired) electrons. The number of halogens is 1. The highest BCUT2D eigenvalue weighted by Crippen LogP contribution is 2.39. The fourth-order valence-corrected chi connectivity index (χ4v) is 5.63. The highest BCUT2D eigenvalue weighted by molar-refractivity contribution is 7.22. The molecule has 3 aromatic heterocycles. The molecule has 0 bridgehead atoms. The number of ether oxygens (including phenoxy) is 2. The van der Waals surface area contributed by atoms with Gasteiger partial charge in [0, 0.05) is 51.2 Å². The lowest BCUT2D eigenvalue weighted by Crippen LogP contribution is -2.42. The van der Waals surface area contributed by atoms with Crippen LogP contribution in [0.15, 0.2) is 85.2 Å². The second-order valence-corrected chi connectivity index (χ2v) is 10.6. The maximum atomic E-state index is 15.0. The van der Waals surface area contributed by atoms with Crippen LogP contribution < -0.4 is 14.8 Å². The van der Waals surface area contributed by atoms with E-state index in [9.17, 15) is 9.18 Å².